The first-order valence-electron chi connectivity index (χ1n) is 12.9. The molecule has 2 aliphatic rings. The van der Waals surface area contributed by atoms with E-state index in [1.807, 2.05) is 11.0 Å². The van der Waals surface area contributed by atoms with Gasteiger partial charge < -0.3 is 9.64 Å². The number of amides is 1. The second-order valence-corrected chi connectivity index (χ2v) is 11.9. The number of thiophene rings is 1. The van der Waals surface area contributed by atoms with Crippen LogP contribution >= 0.6 is 34.7 Å². The van der Waals surface area contributed by atoms with Crippen LogP contribution in [0, 0.1) is 11.6 Å². The molecule has 3 nitrogen and oxygen atoms in total. The number of carbonyl (C=O) groups is 1. The lowest BCUT2D eigenvalue weighted by Gasteiger charge is -2.35. The van der Waals surface area contributed by atoms with Crippen LogP contribution in [0.1, 0.15) is 65.7 Å². The van der Waals surface area contributed by atoms with Gasteiger partial charge >= 0.3 is 0 Å². The van der Waals surface area contributed by atoms with E-state index in [1.165, 1.54) is 10.5 Å². The standard InChI is InChI=1S/C30H30ClF2NO2S2/c1-36-24-15-12-18(21-10-6-7-11-25(21)37-2)16-19(24)17-34(20-8-4-3-5-9-20)30(35)29-27(31)26-22(32)13-14-23(33)28(26)38-29/h10-16,20H,3-9,17H2,1-2H3. The van der Waals surface area contributed by atoms with Crippen molar-refractivity contribution in [3.63, 3.8) is 0 Å². The maximum atomic E-state index is 14.6. The summed E-state index contributed by atoms with van der Waals surface area (Å²) >= 11 is 9.21. The van der Waals surface area contributed by atoms with Crippen LogP contribution in [0.15, 0.2) is 47.4 Å². The largest absolute Gasteiger partial charge is 0.496 e. The van der Waals surface area contributed by atoms with Crippen LogP contribution in [0.3, 0.4) is 0 Å². The van der Waals surface area contributed by atoms with Gasteiger partial charge in [0.2, 0.25) is 0 Å². The summed E-state index contributed by atoms with van der Waals surface area (Å²) < 4.78 is 34.9. The molecule has 200 valence electrons. The fourth-order valence-electron chi connectivity index (χ4n) is 5.48. The van der Waals surface area contributed by atoms with Crippen molar-refractivity contribution in [1.29, 1.82) is 0 Å². The molecule has 1 aromatic heterocycles. The van der Waals surface area contributed by atoms with Gasteiger partial charge in [-0.25, -0.2) is 8.78 Å². The molecule has 1 amide bonds. The molecule has 8 heteroatoms. The lowest BCUT2D eigenvalue weighted by atomic mass is 9.93. The Morgan fingerprint density at radius 3 is 2.55 bits per heavy atom. The third-order valence-electron chi connectivity index (χ3n) is 7.41. The van der Waals surface area contributed by atoms with Gasteiger partial charge in [-0.2, -0.15) is 0 Å². The van der Waals surface area contributed by atoms with Crippen LogP contribution < -0.4 is 4.74 Å². The van der Waals surface area contributed by atoms with Gasteiger partial charge in [-0.05, 0) is 67.3 Å². The van der Waals surface area contributed by atoms with Gasteiger partial charge in [0.1, 0.15) is 22.3 Å². The molecule has 0 atom stereocenters. The Morgan fingerprint density at radius 2 is 1.84 bits per heavy atom. The second-order valence-electron chi connectivity index (χ2n) is 9.70. The van der Waals surface area contributed by atoms with Crippen molar-refractivity contribution in [3.8, 4) is 5.75 Å². The van der Waals surface area contributed by atoms with Gasteiger partial charge in [-0.1, -0.05) is 49.1 Å². The van der Waals surface area contributed by atoms with E-state index < -0.39 is 11.6 Å². The molecular formula is C30H30ClF2NO2S2. The third kappa shape index (κ3) is 5.25. The van der Waals surface area contributed by atoms with E-state index >= 15 is 0 Å². The monoisotopic (exact) mass is 573 g/mol. The van der Waals surface area contributed by atoms with Crippen LogP contribution in [-0.4, -0.2) is 30.2 Å². The zero-order chi connectivity index (χ0) is 26.8. The van der Waals surface area contributed by atoms with Gasteiger partial charge in [0.15, 0.2) is 0 Å². The van der Waals surface area contributed by atoms with Gasteiger partial charge in [0, 0.05) is 23.1 Å². The first-order valence-corrected chi connectivity index (χ1v) is 15.3. The van der Waals surface area contributed by atoms with Crippen LogP contribution in [0.4, 0.5) is 8.78 Å². The Kier molecular flexibility index (Phi) is 8.46. The lowest BCUT2D eigenvalue weighted by Crippen LogP contribution is -2.40. The molecular weight excluding hydrogens is 544 g/mol. The molecule has 0 spiro atoms. The Balaban J connectivity index is 1.56. The molecule has 3 aromatic rings. The summed E-state index contributed by atoms with van der Waals surface area (Å²) in [7, 11) is 1.63. The Hall–Kier alpha value is -2.35. The van der Waals surface area contributed by atoms with Crippen molar-refractivity contribution in [3.05, 3.63) is 80.1 Å². The molecule has 0 bridgehead atoms. The van der Waals surface area contributed by atoms with Crippen molar-refractivity contribution >= 4 is 56.3 Å². The summed E-state index contributed by atoms with van der Waals surface area (Å²) in [5, 5.41) is -0.0422. The molecule has 5 rings (SSSR count). The van der Waals surface area contributed by atoms with Crippen LogP contribution in [0.25, 0.3) is 15.7 Å². The summed E-state index contributed by atoms with van der Waals surface area (Å²) in [6, 6.07) is 8.26. The van der Waals surface area contributed by atoms with Crippen LogP contribution in [-0.2, 0) is 6.54 Å². The fraction of sp³-hybridized carbons (Fsp3) is 0.367. The summed E-state index contributed by atoms with van der Waals surface area (Å²) in [6.45, 7) is 0.321. The molecule has 0 saturated heterocycles. The van der Waals surface area contributed by atoms with Crippen molar-refractivity contribution in [2.45, 2.75) is 57.5 Å². The molecule has 1 fully saturated rings. The minimum atomic E-state index is -0.626. The van der Waals surface area contributed by atoms with E-state index in [-0.39, 0.29) is 31.9 Å². The maximum absolute atomic E-state index is 14.6. The number of hydrogen-bond acceptors (Lipinski definition) is 4. The SMILES string of the molecule is COc1ccc(C2=CCCC=C2SC)cc1CN(C(=O)c1sc2c(F)ccc(F)c2c1Cl)C1CCCCC1. The minimum absolute atomic E-state index is 0.0103. The topological polar surface area (TPSA) is 29.5 Å². The molecule has 0 aliphatic heterocycles. The third-order valence-corrected chi connectivity index (χ3v) is 9.92. The van der Waals surface area contributed by atoms with Gasteiger partial charge in [-0.15, -0.1) is 23.1 Å². The van der Waals surface area contributed by atoms with E-state index in [4.69, 9.17) is 16.3 Å². The number of methoxy groups -OCH3 is 1. The minimum Gasteiger partial charge on any atom is -0.496 e. The highest BCUT2D eigenvalue weighted by Crippen LogP contribution is 2.41. The zero-order valence-electron chi connectivity index (χ0n) is 21.5. The highest BCUT2D eigenvalue weighted by Gasteiger charge is 2.31. The maximum Gasteiger partial charge on any atom is 0.266 e. The number of thioether (sulfide) groups is 1. The molecule has 0 N–H and O–H groups in total. The number of hydrogen-bond donors (Lipinski definition) is 0. The smallest absolute Gasteiger partial charge is 0.266 e. The number of fused-ring (bicyclic) bond motifs is 1. The highest BCUT2D eigenvalue weighted by molar-refractivity contribution is 8.03. The number of carbonyl (C=O) groups excluding carboxylic acids is 1. The van der Waals surface area contributed by atoms with Crippen LogP contribution in [0.5, 0.6) is 5.75 Å². The molecule has 1 heterocycles. The first kappa shape index (κ1) is 27.2. The van der Waals surface area contributed by atoms with Crippen molar-refractivity contribution in [1.82, 2.24) is 4.90 Å². The lowest BCUT2D eigenvalue weighted by molar-refractivity contribution is 0.0618. The molecule has 0 radical (unpaired) electrons. The molecule has 1 saturated carbocycles. The highest BCUT2D eigenvalue weighted by atomic mass is 35.5. The predicted octanol–water partition coefficient (Wildman–Crippen LogP) is 9.24. The number of rotatable bonds is 7. The Labute approximate surface area is 235 Å². The zero-order valence-corrected chi connectivity index (χ0v) is 23.9. The second kappa shape index (κ2) is 11.8. The number of nitrogens with zero attached hydrogens (tertiary/aromatic N) is 1. The average molecular weight is 574 g/mol. The number of ether oxygens (including phenoxy) is 1. The fourth-order valence-corrected chi connectivity index (χ4v) is 7.70. The molecule has 0 unspecified atom stereocenters. The average Bonchev–Trinajstić information content (AvgIpc) is 3.32. The normalized spacial score (nSPS) is 16.3. The predicted molar refractivity (Wildman–Crippen MR) is 155 cm³/mol. The van der Waals surface area contributed by atoms with Crippen molar-refractivity contribution in [2.75, 3.05) is 13.4 Å². The summed E-state index contributed by atoms with van der Waals surface area (Å²) in [4.78, 5) is 17.3. The number of halogens is 3. The molecule has 2 aliphatic carbocycles. The van der Waals surface area contributed by atoms with E-state index in [2.05, 4.69) is 30.5 Å². The van der Waals surface area contributed by atoms with Gasteiger partial charge in [0.25, 0.3) is 5.91 Å². The summed E-state index contributed by atoms with van der Waals surface area (Å²) in [5.41, 5.74) is 3.17. The van der Waals surface area contributed by atoms with Crippen molar-refractivity contribution < 1.29 is 18.3 Å². The van der Waals surface area contributed by atoms with E-state index in [0.717, 1.165) is 79.5 Å². The van der Waals surface area contributed by atoms with Gasteiger partial charge in [0.05, 0.1) is 22.2 Å². The number of benzene rings is 2. The van der Waals surface area contributed by atoms with E-state index in [9.17, 15) is 13.6 Å². The first-order chi connectivity index (χ1) is 18.4. The number of allylic oxidation sites excluding steroid dienone is 3. The van der Waals surface area contributed by atoms with E-state index in [1.54, 1.807) is 18.9 Å². The molecule has 38 heavy (non-hydrogen) atoms. The van der Waals surface area contributed by atoms with Crippen molar-refractivity contribution in [2.24, 2.45) is 0 Å². The quantitative estimate of drug-likeness (QED) is 0.282. The Morgan fingerprint density at radius 1 is 1.11 bits per heavy atom. The summed E-state index contributed by atoms with van der Waals surface area (Å²) in [6.07, 6.45) is 13.6. The van der Waals surface area contributed by atoms with Crippen LogP contribution in [0.2, 0.25) is 5.02 Å². The summed E-state index contributed by atoms with van der Waals surface area (Å²) in [5.74, 6) is -0.799. The van der Waals surface area contributed by atoms with E-state index in [0.29, 0.717) is 12.3 Å². The molecule has 2 aromatic carbocycles. The Bertz CT molecular complexity index is 1430. The van der Waals surface area contributed by atoms with Gasteiger partial charge in [-0.3, -0.25) is 4.79 Å².